The molecule has 212 valence electrons. The highest BCUT2D eigenvalue weighted by molar-refractivity contribution is 5.99. The number of hydrazine groups is 1. The molecule has 0 saturated heterocycles. The molecule has 0 aliphatic rings. The second kappa shape index (κ2) is 17.4. The van der Waals surface area contributed by atoms with E-state index >= 15 is 0 Å². The first-order valence-electron chi connectivity index (χ1n) is 14.2. The van der Waals surface area contributed by atoms with Gasteiger partial charge in [0.15, 0.2) is 0 Å². The fourth-order valence-corrected chi connectivity index (χ4v) is 4.05. The molecule has 40 heavy (non-hydrogen) atoms. The molecule has 3 N–H and O–H groups in total. The fraction of sp³-hybridized carbons (Fsp3) is 0.375. The number of benzene rings is 3. The smallest absolute Gasteiger partial charge is 0.269 e. The average molecular weight is 545 g/mol. The molecule has 0 spiro atoms. The molecule has 3 aromatic carbocycles. The summed E-state index contributed by atoms with van der Waals surface area (Å²) < 4.78 is 5.80. The van der Waals surface area contributed by atoms with E-state index in [2.05, 4.69) is 28.0 Å². The topological polar surface area (TPSA) is 112 Å². The summed E-state index contributed by atoms with van der Waals surface area (Å²) >= 11 is 0. The summed E-state index contributed by atoms with van der Waals surface area (Å²) in [5, 5.41) is 17.5. The Labute approximate surface area is 236 Å². The van der Waals surface area contributed by atoms with Crippen LogP contribution in [0.3, 0.4) is 0 Å². The van der Waals surface area contributed by atoms with Crippen molar-refractivity contribution in [1.82, 2.24) is 10.9 Å². The summed E-state index contributed by atoms with van der Waals surface area (Å²) in [7, 11) is 0. The standard InChI is InChI=1S/C32H40N4O4/c1-2-3-4-5-6-7-8-9-10-11-24-40-30-22-14-26(15-23-30)32(39)36-35-31(38)25-12-16-27(17-13-25)33-34-28-18-20-29(37)21-19-28/h12-23,37H,2-11,24H2,1H3,(H,35,38)(H,36,39). The van der Waals surface area contributed by atoms with Crippen molar-refractivity contribution < 1.29 is 19.4 Å². The number of carbonyl (C=O) groups excluding carboxylic acids is 2. The van der Waals surface area contributed by atoms with Gasteiger partial charge in [0.2, 0.25) is 0 Å². The summed E-state index contributed by atoms with van der Waals surface area (Å²) in [6.07, 6.45) is 12.8. The van der Waals surface area contributed by atoms with Crippen molar-refractivity contribution in [1.29, 1.82) is 0 Å². The van der Waals surface area contributed by atoms with Crippen LogP contribution in [0.4, 0.5) is 11.4 Å². The van der Waals surface area contributed by atoms with Crippen LogP contribution in [-0.4, -0.2) is 23.5 Å². The third-order valence-electron chi connectivity index (χ3n) is 6.43. The van der Waals surface area contributed by atoms with Gasteiger partial charge in [-0.2, -0.15) is 10.2 Å². The lowest BCUT2D eigenvalue weighted by Gasteiger charge is -2.09. The summed E-state index contributed by atoms with van der Waals surface area (Å²) in [4.78, 5) is 24.9. The van der Waals surface area contributed by atoms with Crippen molar-refractivity contribution >= 4 is 23.2 Å². The van der Waals surface area contributed by atoms with E-state index in [1.807, 2.05) is 0 Å². The molecule has 8 heteroatoms. The number of nitrogens with zero attached hydrogens (tertiary/aromatic N) is 2. The van der Waals surface area contributed by atoms with Crippen LogP contribution >= 0.6 is 0 Å². The van der Waals surface area contributed by atoms with Gasteiger partial charge in [-0.05, 0) is 79.2 Å². The van der Waals surface area contributed by atoms with Gasteiger partial charge in [-0.25, -0.2) is 0 Å². The van der Waals surface area contributed by atoms with Crippen LogP contribution in [0.1, 0.15) is 91.8 Å². The Morgan fingerprint density at radius 3 is 1.55 bits per heavy atom. The number of ether oxygens (including phenoxy) is 1. The number of nitrogens with one attached hydrogen (secondary N) is 2. The van der Waals surface area contributed by atoms with Gasteiger partial charge in [-0.15, -0.1) is 0 Å². The number of azo groups is 1. The number of rotatable bonds is 16. The van der Waals surface area contributed by atoms with Gasteiger partial charge in [0.25, 0.3) is 11.8 Å². The minimum atomic E-state index is -0.452. The largest absolute Gasteiger partial charge is 0.508 e. The predicted octanol–water partition coefficient (Wildman–Crippen LogP) is 8.18. The van der Waals surface area contributed by atoms with Gasteiger partial charge < -0.3 is 9.84 Å². The van der Waals surface area contributed by atoms with E-state index in [0.717, 1.165) is 12.2 Å². The van der Waals surface area contributed by atoms with Gasteiger partial charge in [0.1, 0.15) is 11.5 Å². The van der Waals surface area contributed by atoms with E-state index in [1.165, 1.54) is 69.9 Å². The van der Waals surface area contributed by atoms with Crippen molar-refractivity contribution in [2.75, 3.05) is 6.61 Å². The van der Waals surface area contributed by atoms with Crippen LogP contribution in [0.15, 0.2) is 83.0 Å². The first-order valence-corrected chi connectivity index (χ1v) is 14.2. The zero-order valence-electron chi connectivity index (χ0n) is 23.3. The number of unbranched alkanes of at least 4 members (excludes halogenated alkanes) is 9. The number of phenolic OH excluding ortho intramolecular Hbond substituents is 1. The molecule has 0 atom stereocenters. The Morgan fingerprint density at radius 2 is 1.05 bits per heavy atom. The number of hydrogen-bond donors (Lipinski definition) is 3. The number of hydrogen-bond acceptors (Lipinski definition) is 6. The zero-order chi connectivity index (χ0) is 28.4. The molecule has 0 aliphatic heterocycles. The highest BCUT2D eigenvalue weighted by atomic mass is 16.5. The monoisotopic (exact) mass is 544 g/mol. The van der Waals surface area contributed by atoms with Crippen LogP contribution < -0.4 is 15.6 Å². The molecule has 8 nitrogen and oxygen atoms in total. The maximum absolute atomic E-state index is 12.4. The van der Waals surface area contributed by atoms with Crippen LogP contribution in [0.5, 0.6) is 11.5 Å². The van der Waals surface area contributed by atoms with Crippen LogP contribution in [-0.2, 0) is 0 Å². The molecule has 3 rings (SSSR count). The zero-order valence-corrected chi connectivity index (χ0v) is 23.3. The van der Waals surface area contributed by atoms with Crippen molar-refractivity contribution in [2.45, 2.75) is 71.1 Å². The second-order valence-electron chi connectivity index (χ2n) is 9.73. The average Bonchev–Trinajstić information content (AvgIpc) is 2.99. The number of carbonyl (C=O) groups is 2. The van der Waals surface area contributed by atoms with Crippen molar-refractivity contribution in [3.63, 3.8) is 0 Å². The van der Waals surface area contributed by atoms with E-state index in [1.54, 1.807) is 60.7 Å². The third kappa shape index (κ3) is 11.3. The van der Waals surface area contributed by atoms with Crippen molar-refractivity contribution in [2.24, 2.45) is 10.2 Å². The lowest BCUT2D eigenvalue weighted by Crippen LogP contribution is -2.41. The van der Waals surface area contributed by atoms with Gasteiger partial charge in [-0.3, -0.25) is 20.4 Å². The Bertz CT molecular complexity index is 1190. The fourth-order valence-electron chi connectivity index (χ4n) is 4.05. The highest BCUT2D eigenvalue weighted by Gasteiger charge is 2.09. The predicted molar refractivity (Wildman–Crippen MR) is 157 cm³/mol. The lowest BCUT2D eigenvalue weighted by atomic mass is 10.1. The summed E-state index contributed by atoms with van der Waals surface area (Å²) in [5.41, 5.74) is 6.78. The maximum atomic E-state index is 12.4. The number of phenols is 1. The molecular formula is C32H40N4O4. The number of aromatic hydroxyl groups is 1. The summed E-state index contributed by atoms with van der Waals surface area (Å²) in [6.45, 7) is 2.91. The molecule has 0 aliphatic carbocycles. The third-order valence-corrected chi connectivity index (χ3v) is 6.43. The first-order chi connectivity index (χ1) is 19.5. The molecule has 0 heterocycles. The molecule has 0 radical (unpaired) electrons. The minimum Gasteiger partial charge on any atom is -0.508 e. The molecular weight excluding hydrogens is 504 g/mol. The molecule has 0 saturated carbocycles. The molecule has 0 aromatic heterocycles. The Morgan fingerprint density at radius 1 is 0.625 bits per heavy atom. The number of amides is 2. The minimum absolute atomic E-state index is 0.155. The second-order valence-corrected chi connectivity index (χ2v) is 9.73. The van der Waals surface area contributed by atoms with E-state index < -0.39 is 11.8 Å². The van der Waals surface area contributed by atoms with E-state index in [9.17, 15) is 14.7 Å². The summed E-state index contributed by atoms with van der Waals surface area (Å²) in [5.74, 6) is 0.00198. The quantitative estimate of drug-likeness (QED) is 0.0958. The van der Waals surface area contributed by atoms with Gasteiger partial charge in [-0.1, -0.05) is 64.7 Å². The van der Waals surface area contributed by atoms with Crippen LogP contribution in [0, 0.1) is 0 Å². The van der Waals surface area contributed by atoms with Gasteiger partial charge >= 0.3 is 0 Å². The Hall–Kier alpha value is -4.20. The molecule has 0 fully saturated rings. The summed E-state index contributed by atoms with van der Waals surface area (Å²) in [6, 6.07) is 19.7. The Kier molecular flexibility index (Phi) is 13.2. The van der Waals surface area contributed by atoms with Crippen LogP contribution in [0.25, 0.3) is 0 Å². The lowest BCUT2D eigenvalue weighted by molar-refractivity contribution is 0.0846. The molecule has 2 amide bonds. The van der Waals surface area contributed by atoms with E-state index in [4.69, 9.17) is 4.74 Å². The van der Waals surface area contributed by atoms with E-state index in [0.29, 0.717) is 29.1 Å². The van der Waals surface area contributed by atoms with Crippen molar-refractivity contribution in [3.8, 4) is 11.5 Å². The highest BCUT2D eigenvalue weighted by Crippen LogP contribution is 2.21. The van der Waals surface area contributed by atoms with Crippen LogP contribution in [0.2, 0.25) is 0 Å². The maximum Gasteiger partial charge on any atom is 0.269 e. The first kappa shape index (κ1) is 30.3. The normalized spacial score (nSPS) is 10.9. The van der Waals surface area contributed by atoms with Gasteiger partial charge in [0, 0.05) is 11.1 Å². The molecule has 0 bridgehead atoms. The SMILES string of the molecule is CCCCCCCCCCCCOc1ccc(C(=O)NNC(=O)c2ccc(N=Nc3ccc(O)cc3)cc2)cc1. The van der Waals surface area contributed by atoms with Gasteiger partial charge in [0.05, 0.1) is 18.0 Å². The van der Waals surface area contributed by atoms with Crippen molar-refractivity contribution in [3.05, 3.63) is 83.9 Å². The molecule has 3 aromatic rings. The Balaban J connectivity index is 1.31. The van der Waals surface area contributed by atoms with E-state index in [-0.39, 0.29) is 5.75 Å². The molecule has 0 unspecified atom stereocenters.